The third kappa shape index (κ3) is 4.51. The lowest BCUT2D eigenvalue weighted by Crippen LogP contribution is -2.32. The molecule has 7 N–H and O–H groups in total. The zero-order chi connectivity index (χ0) is 24.8. The number of nitrogen functional groups attached to an aromatic ring is 1. The Morgan fingerprint density at radius 3 is 2.66 bits per heavy atom. The average molecular weight is 536 g/mol. The Balaban J connectivity index is 1.76. The molecule has 2 aromatic heterocycles. The second kappa shape index (κ2) is 8.89. The van der Waals surface area contributed by atoms with E-state index in [1.165, 1.54) is 23.5 Å². The molecular weight excluding hydrogens is 514 g/mol. The second-order valence-corrected chi connectivity index (χ2v) is 12.3. The predicted octanol–water partition coefficient (Wildman–Crippen LogP) is 0.261. The van der Waals surface area contributed by atoms with E-state index in [1.807, 2.05) is 6.07 Å². The van der Waals surface area contributed by atoms with Gasteiger partial charge in [-0.3, -0.25) is 0 Å². The van der Waals surface area contributed by atoms with Gasteiger partial charge in [0.2, 0.25) is 25.9 Å². The summed E-state index contributed by atoms with van der Waals surface area (Å²) < 4.78 is 55.6. The number of hydrogen-bond acceptors (Lipinski definition) is 11. The quantitative estimate of drug-likeness (QED) is 0.218. The van der Waals surface area contributed by atoms with Gasteiger partial charge < -0.3 is 11.1 Å². The van der Waals surface area contributed by atoms with E-state index in [1.54, 1.807) is 12.1 Å². The van der Waals surface area contributed by atoms with Gasteiger partial charge >= 0.3 is 0 Å². The van der Waals surface area contributed by atoms with E-state index in [0.29, 0.717) is 28.3 Å². The van der Waals surface area contributed by atoms with Gasteiger partial charge in [-0.05, 0) is 48.3 Å². The van der Waals surface area contributed by atoms with Crippen LogP contribution in [0.1, 0.15) is 6.42 Å². The molecule has 0 spiro atoms. The topological polar surface area (TPSA) is 212 Å². The number of hydrogen-bond donors (Lipinski definition) is 5. The molecule has 1 fully saturated rings. The minimum Gasteiger partial charge on any atom is -0.375 e. The van der Waals surface area contributed by atoms with E-state index in [4.69, 9.17) is 10.9 Å². The average Bonchev–Trinajstić information content (AvgIpc) is 3.57. The molecule has 3 heterocycles. The molecule has 1 aliphatic rings. The molecule has 5 rings (SSSR count). The standard InChI is InChI=1S/C19H21N9O4S3/c20-19-24-16-12(2-1-3-13(16)33-19)11-4-5-14(35(31,32)23-9-10-6-7-22-8-10)17(34(21,29)30)15(11)18-25-27-28-26-18/h1-5,10,22-23H,6-9H2,(H2,20,24)(H2,21,29,30)(H,25,26,27,28). The molecule has 0 bridgehead atoms. The number of primary sulfonamides is 1. The number of tetrazole rings is 1. The molecule has 16 heteroatoms. The Morgan fingerprint density at radius 1 is 1.14 bits per heavy atom. The van der Waals surface area contributed by atoms with E-state index in [2.05, 4.69) is 35.6 Å². The van der Waals surface area contributed by atoms with Crippen LogP contribution in [0.5, 0.6) is 0 Å². The first-order valence-corrected chi connectivity index (χ1v) is 14.3. The normalized spacial score (nSPS) is 16.8. The number of para-hydroxylation sites is 1. The molecule has 1 aliphatic heterocycles. The fourth-order valence-corrected chi connectivity index (χ4v) is 7.63. The third-order valence-electron chi connectivity index (χ3n) is 5.71. The van der Waals surface area contributed by atoms with Gasteiger partial charge in [-0.2, -0.15) is 5.21 Å². The molecule has 0 amide bonds. The molecular formula is C19H21N9O4S3. The number of aromatic nitrogens is 5. The van der Waals surface area contributed by atoms with Gasteiger partial charge in [-0.1, -0.05) is 29.5 Å². The Hall–Kier alpha value is -3.02. The lowest BCUT2D eigenvalue weighted by atomic mass is 9.98. The summed E-state index contributed by atoms with van der Waals surface area (Å²) in [4.78, 5) is 3.23. The summed E-state index contributed by atoms with van der Waals surface area (Å²) in [5, 5.41) is 22.7. The molecule has 0 saturated carbocycles. The third-order valence-corrected chi connectivity index (χ3v) is 9.15. The summed E-state index contributed by atoms with van der Waals surface area (Å²) in [6.45, 7) is 1.60. The fraction of sp³-hybridized carbons (Fsp3) is 0.263. The highest BCUT2D eigenvalue weighted by molar-refractivity contribution is 7.92. The van der Waals surface area contributed by atoms with Gasteiger partial charge in [-0.15, -0.1) is 10.2 Å². The van der Waals surface area contributed by atoms with Crippen molar-refractivity contribution in [2.45, 2.75) is 16.2 Å². The maximum atomic E-state index is 13.3. The van der Waals surface area contributed by atoms with Crippen molar-refractivity contribution in [3.05, 3.63) is 30.3 Å². The van der Waals surface area contributed by atoms with Crippen LogP contribution in [0.25, 0.3) is 32.7 Å². The minimum atomic E-state index is -4.58. The summed E-state index contributed by atoms with van der Waals surface area (Å²) in [7, 11) is -8.85. The zero-order valence-electron chi connectivity index (χ0n) is 18.1. The van der Waals surface area contributed by atoms with Gasteiger partial charge in [-0.25, -0.2) is 31.7 Å². The Morgan fingerprint density at radius 2 is 1.97 bits per heavy atom. The van der Waals surface area contributed by atoms with Crippen molar-refractivity contribution in [1.82, 2.24) is 35.6 Å². The molecule has 0 radical (unpaired) electrons. The van der Waals surface area contributed by atoms with E-state index in [0.717, 1.165) is 17.7 Å². The number of nitrogens with zero attached hydrogens (tertiary/aromatic N) is 4. The highest BCUT2D eigenvalue weighted by Crippen LogP contribution is 2.41. The maximum absolute atomic E-state index is 13.3. The summed E-state index contributed by atoms with van der Waals surface area (Å²) in [5.41, 5.74) is 7.12. The SMILES string of the molecule is Nc1nc2c(-c3ccc(S(=O)(=O)NCC4CCNC4)c(S(N)(=O)=O)c3-c3nn[nH]n3)cccc2s1. The van der Waals surface area contributed by atoms with Gasteiger partial charge in [0, 0.05) is 12.1 Å². The van der Waals surface area contributed by atoms with Crippen LogP contribution in [-0.4, -0.2) is 62.1 Å². The number of rotatable bonds is 7. The first-order chi connectivity index (χ1) is 16.6. The van der Waals surface area contributed by atoms with E-state index < -0.39 is 29.8 Å². The van der Waals surface area contributed by atoms with Crippen molar-refractivity contribution in [1.29, 1.82) is 0 Å². The van der Waals surface area contributed by atoms with Crippen LogP contribution in [0, 0.1) is 5.92 Å². The van der Waals surface area contributed by atoms with Gasteiger partial charge in [0.1, 0.15) is 9.79 Å². The van der Waals surface area contributed by atoms with Crippen molar-refractivity contribution in [3.63, 3.8) is 0 Å². The van der Waals surface area contributed by atoms with E-state index >= 15 is 0 Å². The van der Waals surface area contributed by atoms with Crippen LogP contribution in [-0.2, 0) is 20.0 Å². The molecule has 1 atom stereocenters. The first-order valence-electron chi connectivity index (χ1n) is 10.4. The predicted molar refractivity (Wildman–Crippen MR) is 130 cm³/mol. The van der Waals surface area contributed by atoms with Crippen molar-refractivity contribution >= 4 is 46.7 Å². The molecule has 0 aliphatic carbocycles. The summed E-state index contributed by atoms with van der Waals surface area (Å²) in [6, 6.07) is 7.99. The number of aromatic amines is 1. The van der Waals surface area contributed by atoms with Crippen molar-refractivity contribution in [2.24, 2.45) is 11.1 Å². The zero-order valence-corrected chi connectivity index (χ0v) is 20.5. The highest BCUT2D eigenvalue weighted by atomic mass is 32.2. The van der Waals surface area contributed by atoms with Gasteiger partial charge in [0.05, 0.1) is 15.8 Å². The smallest absolute Gasteiger partial charge is 0.241 e. The number of nitrogens with two attached hydrogens (primary N) is 2. The molecule has 2 aromatic carbocycles. The van der Waals surface area contributed by atoms with Crippen molar-refractivity contribution in [2.75, 3.05) is 25.4 Å². The Labute approximate surface area is 204 Å². The van der Waals surface area contributed by atoms with E-state index in [-0.39, 0.29) is 23.9 Å². The molecule has 13 nitrogen and oxygen atoms in total. The lowest BCUT2D eigenvalue weighted by molar-refractivity contribution is 0.536. The minimum absolute atomic E-state index is 0.0892. The maximum Gasteiger partial charge on any atom is 0.241 e. The van der Waals surface area contributed by atoms with Crippen molar-refractivity contribution in [3.8, 4) is 22.5 Å². The van der Waals surface area contributed by atoms with Crippen LogP contribution >= 0.6 is 11.3 Å². The van der Waals surface area contributed by atoms with Crippen LogP contribution in [0.15, 0.2) is 40.1 Å². The van der Waals surface area contributed by atoms with Crippen LogP contribution < -0.4 is 20.9 Å². The number of sulfonamides is 2. The van der Waals surface area contributed by atoms with Crippen LogP contribution in [0.4, 0.5) is 5.13 Å². The molecule has 35 heavy (non-hydrogen) atoms. The van der Waals surface area contributed by atoms with Gasteiger partial charge in [0.15, 0.2) is 5.13 Å². The summed E-state index contributed by atoms with van der Waals surface area (Å²) >= 11 is 1.26. The fourth-order valence-electron chi connectivity index (χ4n) is 4.15. The number of anilines is 1. The van der Waals surface area contributed by atoms with Crippen molar-refractivity contribution < 1.29 is 16.8 Å². The largest absolute Gasteiger partial charge is 0.375 e. The monoisotopic (exact) mass is 535 g/mol. The summed E-state index contributed by atoms with van der Waals surface area (Å²) in [6.07, 6.45) is 0.804. The number of thiazole rings is 1. The number of nitrogens with one attached hydrogen (secondary N) is 3. The number of fused-ring (bicyclic) bond motifs is 1. The van der Waals surface area contributed by atoms with Gasteiger partial charge in [0.25, 0.3) is 0 Å². The number of H-pyrrole nitrogens is 1. The summed E-state index contributed by atoms with van der Waals surface area (Å²) in [5.74, 6) is -0.0485. The number of benzene rings is 2. The molecule has 184 valence electrons. The van der Waals surface area contributed by atoms with Crippen LogP contribution in [0.2, 0.25) is 0 Å². The highest BCUT2D eigenvalue weighted by Gasteiger charge is 2.33. The molecule has 1 saturated heterocycles. The lowest BCUT2D eigenvalue weighted by Gasteiger charge is -2.17. The molecule has 1 unspecified atom stereocenters. The Bertz CT molecular complexity index is 1610. The van der Waals surface area contributed by atoms with E-state index in [9.17, 15) is 16.8 Å². The van der Waals surface area contributed by atoms with Crippen LogP contribution in [0.3, 0.4) is 0 Å². The second-order valence-electron chi connectivity index (χ2n) is 8.01. The first kappa shape index (κ1) is 23.7. The Kier molecular flexibility index (Phi) is 6.02. The molecule has 4 aromatic rings.